The van der Waals surface area contributed by atoms with E-state index < -0.39 is 0 Å². The molecule has 0 heterocycles. The molecule has 0 radical (unpaired) electrons. The first-order valence-corrected chi connectivity index (χ1v) is 7.25. The van der Waals surface area contributed by atoms with Crippen LogP contribution in [-0.2, 0) is 12.8 Å². The summed E-state index contributed by atoms with van der Waals surface area (Å²) in [4.78, 5) is 0. The molecule has 0 heteroatoms. The molecule has 18 heavy (non-hydrogen) atoms. The minimum atomic E-state index is 1.14. The Morgan fingerprint density at radius 3 is 2.44 bits per heavy atom. The molecule has 0 N–H and O–H groups in total. The van der Waals surface area contributed by atoms with E-state index in [0.717, 1.165) is 6.42 Å². The van der Waals surface area contributed by atoms with Gasteiger partial charge in [0, 0.05) is 0 Å². The third-order valence-electron chi connectivity index (χ3n) is 3.81. The van der Waals surface area contributed by atoms with Crippen molar-refractivity contribution in [2.45, 2.75) is 52.9 Å². The van der Waals surface area contributed by atoms with Gasteiger partial charge in [-0.2, -0.15) is 0 Å². The van der Waals surface area contributed by atoms with E-state index in [1.165, 1.54) is 53.5 Å². The zero-order valence-corrected chi connectivity index (χ0v) is 11.9. The van der Waals surface area contributed by atoms with E-state index in [4.69, 9.17) is 0 Å². The minimum absolute atomic E-state index is 1.14. The Morgan fingerprint density at radius 2 is 1.78 bits per heavy atom. The van der Waals surface area contributed by atoms with Crippen molar-refractivity contribution in [1.82, 2.24) is 0 Å². The molecule has 96 valence electrons. The maximum absolute atomic E-state index is 2.41. The van der Waals surface area contributed by atoms with Gasteiger partial charge in [0.1, 0.15) is 0 Å². The molecule has 0 atom stereocenters. The van der Waals surface area contributed by atoms with Crippen molar-refractivity contribution in [3.8, 4) is 0 Å². The minimum Gasteiger partial charge on any atom is -0.0807 e. The lowest BCUT2D eigenvalue weighted by molar-refractivity contribution is 0.898. The van der Waals surface area contributed by atoms with E-state index >= 15 is 0 Å². The molecule has 2 rings (SSSR count). The highest BCUT2D eigenvalue weighted by Crippen LogP contribution is 2.29. The molecule has 1 aromatic rings. The summed E-state index contributed by atoms with van der Waals surface area (Å²) in [5.41, 5.74) is 7.34. The highest BCUT2D eigenvalue weighted by atomic mass is 14.1. The van der Waals surface area contributed by atoms with Crippen molar-refractivity contribution in [2.75, 3.05) is 0 Å². The summed E-state index contributed by atoms with van der Waals surface area (Å²) < 4.78 is 0. The fourth-order valence-corrected chi connectivity index (χ4v) is 2.78. The van der Waals surface area contributed by atoms with Crippen molar-refractivity contribution in [1.29, 1.82) is 0 Å². The number of rotatable bonds is 4. The normalized spacial score (nSPS) is 15.3. The van der Waals surface area contributed by atoms with E-state index in [1.54, 1.807) is 0 Å². The highest BCUT2D eigenvalue weighted by molar-refractivity contribution is 5.79. The SMILES string of the molecule is CCCc1cc(C2=CCCC=C2C)ccc1CC. The molecule has 0 bridgehead atoms. The van der Waals surface area contributed by atoms with Gasteiger partial charge < -0.3 is 0 Å². The largest absolute Gasteiger partial charge is 0.0807 e. The van der Waals surface area contributed by atoms with E-state index in [9.17, 15) is 0 Å². The van der Waals surface area contributed by atoms with Crippen LogP contribution in [0.3, 0.4) is 0 Å². The standard InChI is InChI=1S/C18H24/c1-4-8-16-13-17(12-11-15(16)5-2)18-10-7-6-9-14(18)3/h9-13H,4-8H2,1-3H3. The molecule has 0 amide bonds. The van der Waals surface area contributed by atoms with Crippen LogP contribution in [0.4, 0.5) is 0 Å². The molecule has 1 aliphatic rings. The lowest BCUT2D eigenvalue weighted by Gasteiger charge is -2.16. The molecule has 0 aromatic heterocycles. The van der Waals surface area contributed by atoms with Gasteiger partial charge in [-0.25, -0.2) is 0 Å². The smallest absolute Gasteiger partial charge is 0.0182 e. The van der Waals surface area contributed by atoms with Gasteiger partial charge in [-0.1, -0.05) is 50.6 Å². The van der Waals surface area contributed by atoms with Gasteiger partial charge in [-0.3, -0.25) is 0 Å². The van der Waals surface area contributed by atoms with Crippen molar-refractivity contribution >= 4 is 5.57 Å². The van der Waals surface area contributed by atoms with Gasteiger partial charge in [0.25, 0.3) is 0 Å². The Kier molecular flexibility index (Phi) is 4.41. The van der Waals surface area contributed by atoms with Crippen LogP contribution in [0.25, 0.3) is 5.57 Å². The maximum atomic E-state index is 2.41. The van der Waals surface area contributed by atoms with E-state index in [1.807, 2.05) is 0 Å². The van der Waals surface area contributed by atoms with Gasteiger partial charge in [0.15, 0.2) is 0 Å². The first kappa shape index (κ1) is 13.1. The molecule has 0 fully saturated rings. The molecule has 1 aliphatic carbocycles. The van der Waals surface area contributed by atoms with Crippen LogP contribution < -0.4 is 0 Å². The van der Waals surface area contributed by atoms with Crippen LogP contribution in [0.1, 0.15) is 56.7 Å². The van der Waals surface area contributed by atoms with Crippen LogP contribution in [0.2, 0.25) is 0 Å². The molecular weight excluding hydrogens is 216 g/mol. The number of allylic oxidation sites excluding steroid dienone is 4. The maximum Gasteiger partial charge on any atom is -0.0182 e. The number of hydrogen-bond donors (Lipinski definition) is 0. The van der Waals surface area contributed by atoms with Gasteiger partial charge in [0.05, 0.1) is 0 Å². The third-order valence-corrected chi connectivity index (χ3v) is 3.81. The molecule has 0 saturated heterocycles. The van der Waals surface area contributed by atoms with E-state index in [-0.39, 0.29) is 0 Å². The van der Waals surface area contributed by atoms with E-state index in [0.29, 0.717) is 0 Å². The van der Waals surface area contributed by atoms with E-state index in [2.05, 4.69) is 51.1 Å². The summed E-state index contributed by atoms with van der Waals surface area (Å²) in [6, 6.07) is 7.03. The topological polar surface area (TPSA) is 0 Å². The summed E-state index contributed by atoms with van der Waals surface area (Å²) >= 11 is 0. The van der Waals surface area contributed by atoms with Crippen LogP contribution >= 0.6 is 0 Å². The fraction of sp³-hybridized carbons (Fsp3) is 0.444. The van der Waals surface area contributed by atoms with Gasteiger partial charge >= 0.3 is 0 Å². The molecule has 1 aromatic carbocycles. The zero-order chi connectivity index (χ0) is 13.0. The molecular formula is C18H24. The van der Waals surface area contributed by atoms with Crippen molar-refractivity contribution in [2.24, 2.45) is 0 Å². The second-order valence-electron chi connectivity index (χ2n) is 5.17. The quantitative estimate of drug-likeness (QED) is 0.667. The Labute approximate surface area is 111 Å². The van der Waals surface area contributed by atoms with Gasteiger partial charge in [-0.05, 0) is 60.4 Å². The van der Waals surface area contributed by atoms with Gasteiger partial charge in [-0.15, -0.1) is 0 Å². The Balaban J connectivity index is 2.37. The summed E-state index contributed by atoms with van der Waals surface area (Å²) in [7, 11) is 0. The second-order valence-corrected chi connectivity index (χ2v) is 5.17. The third kappa shape index (κ3) is 2.75. The summed E-state index contributed by atoms with van der Waals surface area (Å²) in [5, 5.41) is 0. The Bertz CT molecular complexity index is 475. The molecule has 0 aliphatic heterocycles. The monoisotopic (exact) mass is 240 g/mol. The molecule has 0 saturated carbocycles. The molecule has 0 spiro atoms. The van der Waals surface area contributed by atoms with Crippen LogP contribution in [0.5, 0.6) is 0 Å². The lowest BCUT2D eigenvalue weighted by atomic mass is 9.89. The van der Waals surface area contributed by atoms with Crippen LogP contribution in [0.15, 0.2) is 35.9 Å². The summed E-state index contributed by atoms with van der Waals surface area (Å²) in [5.74, 6) is 0. The van der Waals surface area contributed by atoms with Crippen molar-refractivity contribution < 1.29 is 0 Å². The predicted octanol–water partition coefficient (Wildman–Crippen LogP) is 5.33. The zero-order valence-electron chi connectivity index (χ0n) is 11.9. The fourth-order valence-electron chi connectivity index (χ4n) is 2.78. The Morgan fingerprint density at radius 1 is 1.00 bits per heavy atom. The van der Waals surface area contributed by atoms with Crippen LogP contribution in [-0.4, -0.2) is 0 Å². The first-order chi connectivity index (χ1) is 8.76. The predicted molar refractivity (Wildman–Crippen MR) is 80.8 cm³/mol. The summed E-state index contributed by atoms with van der Waals surface area (Å²) in [6.45, 7) is 6.74. The van der Waals surface area contributed by atoms with Crippen LogP contribution in [0, 0.1) is 0 Å². The number of hydrogen-bond acceptors (Lipinski definition) is 0. The average Bonchev–Trinajstić information content (AvgIpc) is 2.40. The average molecular weight is 240 g/mol. The Hall–Kier alpha value is -1.30. The molecule has 0 nitrogen and oxygen atoms in total. The molecule has 0 unspecified atom stereocenters. The summed E-state index contributed by atoms with van der Waals surface area (Å²) in [6.07, 6.45) is 10.7. The van der Waals surface area contributed by atoms with Crippen molar-refractivity contribution in [3.63, 3.8) is 0 Å². The number of aryl methyl sites for hydroxylation is 2. The van der Waals surface area contributed by atoms with Gasteiger partial charge in [0.2, 0.25) is 0 Å². The second kappa shape index (κ2) is 6.04. The highest BCUT2D eigenvalue weighted by Gasteiger charge is 2.09. The first-order valence-electron chi connectivity index (χ1n) is 7.25. The number of benzene rings is 1. The lowest BCUT2D eigenvalue weighted by Crippen LogP contribution is -1.97. The van der Waals surface area contributed by atoms with Crippen molar-refractivity contribution in [3.05, 3.63) is 52.6 Å².